The Balaban J connectivity index is 0.00000161. The maximum Gasteiger partial charge on any atom is 0.222 e. The molecule has 0 aromatic rings. The van der Waals surface area contributed by atoms with E-state index in [1.807, 2.05) is 6.92 Å². The number of fused-ring (bicyclic) bond motifs is 2. The van der Waals surface area contributed by atoms with E-state index in [4.69, 9.17) is 5.73 Å². The van der Waals surface area contributed by atoms with E-state index in [0.29, 0.717) is 18.4 Å². The van der Waals surface area contributed by atoms with Gasteiger partial charge in [0.05, 0.1) is 0 Å². The summed E-state index contributed by atoms with van der Waals surface area (Å²) in [5.74, 6) is 3.28. The topological polar surface area (TPSA) is 46.3 Å². The summed E-state index contributed by atoms with van der Waals surface area (Å²) in [6.45, 7) is 2.98. The van der Waals surface area contributed by atoms with Gasteiger partial charge in [-0.2, -0.15) is 0 Å². The zero-order valence-corrected chi connectivity index (χ0v) is 14.1. The summed E-state index contributed by atoms with van der Waals surface area (Å²) < 4.78 is 0. The van der Waals surface area contributed by atoms with Crippen LogP contribution in [0.5, 0.6) is 0 Å². The van der Waals surface area contributed by atoms with Crippen LogP contribution in [0.25, 0.3) is 0 Å². The van der Waals surface area contributed by atoms with Crippen molar-refractivity contribution < 1.29 is 4.79 Å². The molecule has 21 heavy (non-hydrogen) atoms. The fourth-order valence-electron chi connectivity index (χ4n) is 4.92. The highest BCUT2D eigenvalue weighted by molar-refractivity contribution is 5.85. The van der Waals surface area contributed by atoms with Gasteiger partial charge in [0, 0.05) is 25.0 Å². The van der Waals surface area contributed by atoms with Crippen LogP contribution < -0.4 is 5.73 Å². The molecule has 5 atom stereocenters. The molecular weight excluding hydrogens is 284 g/mol. The third-order valence-corrected chi connectivity index (χ3v) is 5.97. The second kappa shape index (κ2) is 7.32. The minimum absolute atomic E-state index is 0. The Bertz CT molecular complexity index is 361. The second-order valence-corrected chi connectivity index (χ2v) is 7.57. The molecule has 0 radical (unpaired) electrons. The van der Waals surface area contributed by atoms with Gasteiger partial charge < -0.3 is 10.6 Å². The van der Waals surface area contributed by atoms with Gasteiger partial charge in [-0.15, -0.1) is 12.4 Å². The lowest BCUT2D eigenvalue weighted by Gasteiger charge is -2.30. The van der Waals surface area contributed by atoms with E-state index >= 15 is 0 Å². The number of carbonyl (C=O) groups is 1. The van der Waals surface area contributed by atoms with E-state index in [0.717, 1.165) is 30.7 Å². The number of likely N-dealkylation sites (tertiary alicyclic amines) is 1. The van der Waals surface area contributed by atoms with Crippen molar-refractivity contribution in [2.45, 2.75) is 76.8 Å². The minimum atomic E-state index is 0. The normalized spacial score (nSPS) is 35.8. The third-order valence-electron chi connectivity index (χ3n) is 5.97. The molecule has 1 amide bonds. The summed E-state index contributed by atoms with van der Waals surface area (Å²) in [4.78, 5) is 14.6. The molecule has 3 aliphatic rings. The van der Waals surface area contributed by atoms with Gasteiger partial charge in [-0.1, -0.05) is 6.42 Å². The van der Waals surface area contributed by atoms with Crippen molar-refractivity contribution in [3.63, 3.8) is 0 Å². The molecular formula is C17H31ClN2O. The molecule has 0 aromatic heterocycles. The number of halogens is 1. The Kier molecular flexibility index (Phi) is 5.96. The van der Waals surface area contributed by atoms with Gasteiger partial charge in [0.2, 0.25) is 5.91 Å². The van der Waals surface area contributed by atoms with Gasteiger partial charge in [-0.25, -0.2) is 0 Å². The van der Waals surface area contributed by atoms with E-state index in [2.05, 4.69) is 4.90 Å². The van der Waals surface area contributed by atoms with E-state index in [9.17, 15) is 4.79 Å². The van der Waals surface area contributed by atoms with Crippen LogP contribution >= 0.6 is 12.4 Å². The average Bonchev–Trinajstić information content (AvgIpc) is 3.11. The lowest BCUT2D eigenvalue weighted by atomic mass is 9.83. The van der Waals surface area contributed by atoms with Crippen LogP contribution in [-0.2, 0) is 4.79 Å². The fourth-order valence-corrected chi connectivity index (χ4v) is 4.92. The van der Waals surface area contributed by atoms with Crippen LogP contribution in [0.15, 0.2) is 0 Å². The van der Waals surface area contributed by atoms with Crippen molar-refractivity contribution in [1.29, 1.82) is 0 Å². The van der Waals surface area contributed by atoms with Crippen molar-refractivity contribution >= 4 is 18.3 Å². The van der Waals surface area contributed by atoms with Crippen LogP contribution in [0.3, 0.4) is 0 Å². The first kappa shape index (κ1) is 17.1. The predicted molar refractivity (Wildman–Crippen MR) is 88.4 cm³/mol. The Labute approximate surface area is 135 Å². The van der Waals surface area contributed by atoms with Crippen molar-refractivity contribution in [1.82, 2.24) is 4.90 Å². The summed E-state index contributed by atoms with van der Waals surface area (Å²) in [7, 11) is 0. The molecule has 5 unspecified atom stereocenters. The largest absolute Gasteiger partial charge is 0.340 e. The summed E-state index contributed by atoms with van der Waals surface area (Å²) in [6, 6.07) is 0.686. The molecule has 122 valence electrons. The monoisotopic (exact) mass is 314 g/mol. The summed E-state index contributed by atoms with van der Waals surface area (Å²) in [5.41, 5.74) is 5.78. The van der Waals surface area contributed by atoms with Gasteiger partial charge in [0.15, 0.2) is 0 Å². The summed E-state index contributed by atoms with van der Waals surface area (Å²) >= 11 is 0. The second-order valence-electron chi connectivity index (χ2n) is 7.57. The lowest BCUT2D eigenvalue weighted by molar-refractivity contribution is -0.132. The summed E-state index contributed by atoms with van der Waals surface area (Å²) in [6.07, 6.45) is 11.1. The van der Waals surface area contributed by atoms with Crippen molar-refractivity contribution in [2.24, 2.45) is 23.5 Å². The lowest BCUT2D eigenvalue weighted by Crippen LogP contribution is -2.37. The van der Waals surface area contributed by atoms with Crippen LogP contribution in [0.2, 0.25) is 0 Å². The quantitative estimate of drug-likeness (QED) is 0.846. The Morgan fingerprint density at radius 2 is 2.10 bits per heavy atom. The molecule has 2 N–H and O–H groups in total. The number of hydrogen-bond donors (Lipinski definition) is 1. The molecule has 2 aliphatic carbocycles. The fraction of sp³-hybridized carbons (Fsp3) is 0.941. The highest BCUT2D eigenvalue weighted by Crippen LogP contribution is 2.50. The van der Waals surface area contributed by atoms with E-state index in [1.54, 1.807) is 0 Å². The first-order valence-corrected chi connectivity index (χ1v) is 8.68. The van der Waals surface area contributed by atoms with Crippen molar-refractivity contribution in [2.75, 3.05) is 6.54 Å². The van der Waals surface area contributed by atoms with E-state index < -0.39 is 0 Å². The van der Waals surface area contributed by atoms with Gasteiger partial charge in [0.1, 0.15) is 0 Å². The molecule has 3 rings (SSSR count). The van der Waals surface area contributed by atoms with Crippen molar-refractivity contribution in [3.8, 4) is 0 Å². The number of rotatable bonds is 5. The maximum atomic E-state index is 12.4. The van der Waals surface area contributed by atoms with Crippen molar-refractivity contribution in [3.05, 3.63) is 0 Å². The molecule has 2 saturated carbocycles. The number of carbonyl (C=O) groups excluding carboxylic acids is 1. The smallest absolute Gasteiger partial charge is 0.222 e. The molecule has 1 heterocycles. The van der Waals surface area contributed by atoms with Crippen LogP contribution in [0.1, 0.15) is 64.7 Å². The molecule has 4 heteroatoms. The zero-order chi connectivity index (χ0) is 14.1. The van der Waals surface area contributed by atoms with Crippen LogP contribution in [0, 0.1) is 17.8 Å². The SMILES string of the molecule is CC(N)CCC(=O)N1CCCC1CC1CC2CCC1C2.Cl. The molecule has 3 fully saturated rings. The van der Waals surface area contributed by atoms with E-state index in [1.165, 1.54) is 44.9 Å². The molecule has 0 aromatic carbocycles. The number of nitrogens with two attached hydrogens (primary N) is 1. The third kappa shape index (κ3) is 3.92. The Morgan fingerprint density at radius 3 is 2.71 bits per heavy atom. The van der Waals surface area contributed by atoms with Gasteiger partial charge >= 0.3 is 0 Å². The zero-order valence-electron chi connectivity index (χ0n) is 13.3. The Hall–Kier alpha value is -0.280. The molecule has 1 aliphatic heterocycles. The average molecular weight is 315 g/mol. The summed E-state index contributed by atoms with van der Waals surface area (Å²) in [5, 5.41) is 0. The number of hydrogen-bond acceptors (Lipinski definition) is 2. The highest BCUT2D eigenvalue weighted by Gasteiger charge is 2.41. The highest BCUT2D eigenvalue weighted by atomic mass is 35.5. The Morgan fingerprint density at radius 1 is 1.29 bits per heavy atom. The van der Waals surface area contributed by atoms with E-state index in [-0.39, 0.29) is 18.4 Å². The van der Waals surface area contributed by atoms with Crippen LogP contribution in [-0.4, -0.2) is 29.4 Å². The standard InChI is InChI=1S/C17H30N2O.ClH/c1-12(18)4-7-17(20)19-8-2-3-16(19)11-15-10-13-5-6-14(15)9-13;/h12-16H,2-11,18H2,1H3;1H. The molecule has 3 nitrogen and oxygen atoms in total. The maximum absolute atomic E-state index is 12.4. The molecule has 1 saturated heterocycles. The minimum Gasteiger partial charge on any atom is -0.340 e. The predicted octanol–water partition coefficient (Wildman–Crippen LogP) is 3.35. The first-order valence-electron chi connectivity index (χ1n) is 8.68. The van der Waals surface area contributed by atoms with Gasteiger partial charge in [0.25, 0.3) is 0 Å². The molecule has 2 bridgehead atoms. The first-order chi connectivity index (χ1) is 9.63. The van der Waals surface area contributed by atoms with Gasteiger partial charge in [-0.3, -0.25) is 4.79 Å². The van der Waals surface area contributed by atoms with Crippen LogP contribution in [0.4, 0.5) is 0 Å². The number of nitrogens with zero attached hydrogens (tertiary/aromatic N) is 1. The number of amides is 1. The molecule has 0 spiro atoms. The van der Waals surface area contributed by atoms with Gasteiger partial charge in [-0.05, 0) is 69.6 Å².